The summed E-state index contributed by atoms with van der Waals surface area (Å²) in [5.74, 6) is -1.99. The molecule has 0 saturated carbocycles. The first-order chi connectivity index (χ1) is 18.8. The first-order valence-electron chi connectivity index (χ1n) is 13.1. The lowest BCUT2D eigenvalue weighted by atomic mass is 9.86. The minimum absolute atomic E-state index is 0.000218. The van der Waals surface area contributed by atoms with Gasteiger partial charge in [0.2, 0.25) is 5.91 Å². The van der Waals surface area contributed by atoms with Gasteiger partial charge in [0.15, 0.2) is 0 Å². The molecule has 0 fully saturated rings. The Bertz CT molecular complexity index is 1430. The molecule has 0 aromatic heterocycles. The van der Waals surface area contributed by atoms with Gasteiger partial charge in [-0.3, -0.25) is 9.59 Å². The van der Waals surface area contributed by atoms with Crippen molar-refractivity contribution in [1.82, 2.24) is 5.32 Å². The number of ketones is 1. The highest BCUT2D eigenvalue weighted by molar-refractivity contribution is 5.93. The maximum atomic E-state index is 13.5. The molecule has 0 aliphatic heterocycles. The highest BCUT2D eigenvalue weighted by atomic mass is 16.5. The quantitative estimate of drug-likeness (QED) is 0.253. The van der Waals surface area contributed by atoms with Gasteiger partial charge in [-0.25, -0.2) is 4.79 Å². The zero-order valence-electron chi connectivity index (χ0n) is 22.2. The van der Waals surface area contributed by atoms with E-state index in [0.717, 1.165) is 33.2 Å². The summed E-state index contributed by atoms with van der Waals surface area (Å²) < 4.78 is 5.30. The number of rotatable bonds is 12. The number of fused-ring (bicyclic) bond motifs is 1. The summed E-state index contributed by atoms with van der Waals surface area (Å²) in [4.78, 5) is 38.9. The van der Waals surface area contributed by atoms with Crippen LogP contribution in [-0.4, -0.2) is 35.9 Å². The van der Waals surface area contributed by atoms with Crippen molar-refractivity contribution in [2.75, 3.05) is 7.11 Å². The number of ether oxygens (including phenoxy) is 1. The molecule has 6 nitrogen and oxygen atoms in total. The summed E-state index contributed by atoms with van der Waals surface area (Å²) in [6.07, 6.45) is 0.493. The van der Waals surface area contributed by atoms with E-state index in [4.69, 9.17) is 4.74 Å². The third kappa shape index (κ3) is 7.32. The molecule has 0 saturated heterocycles. The van der Waals surface area contributed by atoms with Crippen LogP contribution in [0.2, 0.25) is 0 Å². The highest BCUT2D eigenvalue weighted by Crippen LogP contribution is 2.27. The first-order valence-corrected chi connectivity index (χ1v) is 13.1. The summed E-state index contributed by atoms with van der Waals surface area (Å²) in [7, 11) is 1.62. The Balaban J connectivity index is 1.52. The average molecular weight is 524 g/mol. The lowest BCUT2D eigenvalue weighted by Gasteiger charge is -2.22. The van der Waals surface area contributed by atoms with E-state index in [0.29, 0.717) is 6.42 Å². The van der Waals surface area contributed by atoms with E-state index in [9.17, 15) is 19.5 Å². The molecular weight excluding hydrogens is 490 g/mol. The molecule has 0 heterocycles. The number of carboxylic acids is 1. The van der Waals surface area contributed by atoms with Gasteiger partial charge >= 0.3 is 5.97 Å². The second kappa shape index (κ2) is 12.9. The molecule has 0 unspecified atom stereocenters. The zero-order valence-corrected chi connectivity index (χ0v) is 22.2. The Morgan fingerprint density at radius 2 is 1.38 bits per heavy atom. The number of benzene rings is 4. The fourth-order valence-corrected chi connectivity index (χ4v) is 4.74. The number of hydrogen-bond donors (Lipinski definition) is 2. The van der Waals surface area contributed by atoms with Crippen molar-refractivity contribution in [3.8, 4) is 5.75 Å². The molecular formula is C33H33NO5. The van der Waals surface area contributed by atoms with Crippen molar-refractivity contribution >= 4 is 28.4 Å². The molecule has 3 atom stereocenters. The van der Waals surface area contributed by atoms with Gasteiger partial charge in [-0.1, -0.05) is 91.9 Å². The smallest absolute Gasteiger partial charge is 0.326 e. The maximum Gasteiger partial charge on any atom is 0.326 e. The number of carboxylic acid groups (broad SMARTS) is 1. The summed E-state index contributed by atoms with van der Waals surface area (Å²) >= 11 is 0. The number of carbonyl (C=O) groups is 3. The Hall–Kier alpha value is -4.45. The van der Waals surface area contributed by atoms with Crippen LogP contribution < -0.4 is 10.1 Å². The van der Waals surface area contributed by atoms with E-state index in [1.807, 2.05) is 104 Å². The normalized spacial score (nSPS) is 13.3. The van der Waals surface area contributed by atoms with Crippen LogP contribution in [0.5, 0.6) is 5.75 Å². The molecule has 0 spiro atoms. The van der Waals surface area contributed by atoms with Crippen molar-refractivity contribution < 1.29 is 24.2 Å². The SMILES string of the molecule is COc1ccc2cc([C@H](C)C(=O)C[C@H](Cc3ccccc3)C(=O)N[C@H](Cc3ccccc3)C(=O)O)ccc2c1. The van der Waals surface area contributed by atoms with Gasteiger partial charge in [-0.15, -0.1) is 0 Å². The number of nitrogens with one attached hydrogen (secondary N) is 1. The number of methoxy groups -OCH3 is 1. The van der Waals surface area contributed by atoms with Gasteiger partial charge in [0.05, 0.1) is 7.11 Å². The molecule has 0 aliphatic carbocycles. The van der Waals surface area contributed by atoms with Gasteiger partial charge in [-0.2, -0.15) is 0 Å². The van der Waals surface area contributed by atoms with Crippen LogP contribution in [0.1, 0.15) is 36.0 Å². The van der Waals surface area contributed by atoms with Crippen LogP contribution >= 0.6 is 0 Å². The van der Waals surface area contributed by atoms with Crippen LogP contribution in [0.3, 0.4) is 0 Å². The van der Waals surface area contributed by atoms with Gasteiger partial charge in [-0.05, 0) is 46.0 Å². The molecule has 4 aromatic rings. The first kappa shape index (κ1) is 27.6. The molecule has 200 valence electrons. The molecule has 0 aliphatic rings. The Morgan fingerprint density at radius 1 is 0.795 bits per heavy atom. The Morgan fingerprint density at radius 3 is 2.00 bits per heavy atom. The van der Waals surface area contributed by atoms with E-state index < -0.39 is 29.8 Å². The Kier molecular flexibility index (Phi) is 9.10. The molecule has 0 bridgehead atoms. The number of Topliss-reactive ketones (excluding diaryl/α,β-unsaturated/α-hetero) is 1. The molecule has 1 amide bonds. The van der Waals surface area contributed by atoms with Crippen LogP contribution in [0.25, 0.3) is 10.8 Å². The molecule has 2 N–H and O–H groups in total. The van der Waals surface area contributed by atoms with Crippen molar-refractivity contribution in [3.05, 3.63) is 114 Å². The number of carbonyl (C=O) groups excluding carboxylic acids is 2. The van der Waals surface area contributed by atoms with E-state index in [1.54, 1.807) is 7.11 Å². The summed E-state index contributed by atoms with van der Waals surface area (Å²) in [5.41, 5.74) is 2.58. The summed E-state index contributed by atoms with van der Waals surface area (Å²) in [5, 5.41) is 14.5. The third-order valence-electron chi connectivity index (χ3n) is 7.09. The van der Waals surface area contributed by atoms with Crippen LogP contribution in [0.15, 0.2) is 97.1 Å². The van der Waals surface area contributed by atoms with E-state index in [-0.39, 0.29) is 18.6 Å². The van der Waals surface area contributed by atoms with Gasteiger partial charge < -0.3 is 15.2 Å². The van der Waals surface area contributed by atoms with Gasteiger partial charge in [0, 0.05) is 24.7 Å². The standard InChI is InChI=1S/C33H33NO5/c1-22(25-13-14-27-20-29(39-2)16-15-26(27)19-25)31(35)21-28(17-23-9-5-3-6-10-23)32(36)34-30(33(37)38)18-24-11-7-4-8-12-24/h3-16,19-20,22,28,30H,17-18,21H2,1-2H3,(H,34,36)(H,37,38)/t22-,28-,30+/m0/s1. The summed E-state index contributed by atoms with van der Waals surface area (Å²) in [6.45, 7) is 1.85. The lowest BCUT2D eigenvalue weighted by Crippen LogP contribution is -2.45. The van der Waals surface area contributed by atoms with Crippen molar-refractivity contribution in [2.24, 2.45) is 5.92 Å². The molecule has 39 heavy (non-hydrogen) atoms. The van der Waals surface area contributed by atoms with Gasteiger partial charge in [0.1, 0.15) is 17.6 Å². The third-order valence-corrected chi connectivity index (χ3v) is 7.09. The van der Waals surface area contributed by atoms with Crippen LogP contribution in [0.4, 0.5) is 0 Å². The van der Waals surface area contributed by atoms with E-state index in [1.165, 1.54) is 0 Å². The Labute approximate surface area is 228 Å². The van der Waals surface area contributed by atoms with E-state index >= 15 is 0 Å². The van der Waals surface area contributed by atoms with Crippen molar-refractivity contribution in [1.29, 1.82) is 0 Å². The minimum Gasteiger partial charge on any atom is -0.497 e. The maximum absolute atomic E-state index is 13.5. The largest absolute Gasteiger partial charge is 0.497 e. The second-order valence-corrected chi connectivity index (χ2v) is 9.84. The molecule has 0 radical (unpaired) electrons. The number of hydrogen-bond acceptors (Lipinski definition) is 4. The molecule has 4 aromatic carbocycles. The van der Waals surface area contributed by atoms with Crippen LogP contribution in [0, 0.1) is 5.92 Å². The fourth-order valence-electron chi connectivity index (χ4n) is 4.74. The topological polar surface area (TPSA) is 92.7 Å². The van der Waals surface area contributed by atoms with E-state index in [2.05, 4.69) is 5.32 Å². The zero-order chi connectivity index (χ0) is 27.8. The predicted molar refractivity (Wildman–Crippen MR) is 152 cm³/mol. The lowest BCUT2D eigenvalue weighted by molar-refractivity contribution is -0.142. The average Bonchev–Trinajstić information content (AvgIpc) is 2.96. The number of aliphatic carboxylic acids is 1. The van der Waals surface area contributed by atoms with Crippen LogP contribution in [-0.2, 0) is 27.2 Å². The number of amides is 1. The second-order valence-electron chi connectivity index (χ2n) is 9.84. The monoisotopic (exact) mass is 523 g/mol. The fraction of sp³-hybridized carbons (Fsp3) is 0.242. The molecule has 6 heteroatoms. The van der Waals surface area contributed by atoms with Gasteiger partial charge in [0.25, 0.3) is 0 Å². The predicted octanol–water partition coefficient (Wildman–Crippen LogP) is 5.58. The van der Waals surface area contributed by atoms with Crippen molar-refractivity contribution in [3.63, 3.8) is 0 Å². The minimum atomic E-state index is -1.11. The van der Waals surface area contributed by atoms with Crippen molar-refractivity contribution in [2.45, 2.75) is 38.1 Å². The highest BCUT2D eigenvalue weighted by Gasteiger charge is 2.29. The molecule has 4 rings (SSSR count). The summed E-state index contributed by atoms with van der Waals surface area (Å²) in [6, 6.07) is 29.2.